The molecule has 0 aliphatic rings. The monoisotopic (exact) mass is 307 g/mol. The van der Waals surface area contributed by atoms with Crippen LogP contribution in [0.15, 0.2) is 33.7 Å². The van der Waals surface area contributed by atoms with E-state index in [4.69, 9.17) is 32.2 Å². The highest BCUT2D eigenvalue weighted by molar-refractivity contribution is 6.31. The number of methoxy groups -OCH3 is 1. The maximum Gasteiger partial charge on any atom is 0.316 e. The molecular weight excluding hydrogens is 294 g/mol. The van der Waals surface area contributed by atoms with Crippen molar-refractivity contribution in [3.05, 3.63) is 40.6 Å². The molecule has 7 heteroatoms. The van der Waals surface area contributed by atoms with Gasteiger partial charge in [-0.2, -0.15) is 4.99 Å². The van der Waals surface area contributed by atoms with Gasteiger partial charge in [-0.25, -0.2) is 0 Å². The van der Waals surface area contributed by atoms with E-state index in [0.29, 0.717) is 27.7 Å². The topological polar surface area (TPSA) is 104 Å². The second kappa shape index (κ2) is 5.88. The summed E-state index contributed by atoms with van der Waals surface area (Å²) < 4.78 is 10.8. The van der Waals surface area contributed by atoms with Crippen LogP contribution in [0.3, 0.4) is 0 Å². The molecular formula is C14H14ClN3O3. The van der Waals surface area contributed by atoms with Crippen LogP contribution in [0.2, 0.25) is 5.02 Å². The molecule has 110 valence electrons. The highest BCUT2D eigenvalue weighted by Gasteiger charge is 2.18. The molecule has 0 aliphatic carbocycles. The fraction of sp³-hybridized carbons (Fsp3) is 0.143. The Morgan fingerprint density at radius 2 is 2.05 bits per heavy atom. The minimum absolute atomic E-state index is 0.0698. The van der Waals surface area contributed by atoms with E-state index < -0.39 is 5.91 Å². The van der Waals surface area contributed by atoms with E-state index in [0.717, 1.165) is 0 Å². The van der Waals surface area contributed by atoms with Crippen LogP contribution < -0.4 is 16.2 Å². The number of amides is 1. The van der Waals surface area contributed by atoms with Crippen LogP contribution >= 0.6 is 11.6 Å². The number of halogens is 1. The third-order valence-corrected chi connectivity index (χ3v) is 3.00. The molecule has 0 aliphatic heterocycles. The molecule has 4 N–H and O–H groups in total. The number of hydrogen-bond donors (Lipinski definition) is 2. The van der Waals surface area contributed by atoms with Gasteiger partial charge in [0.15, 0.2) is 11.7 Å². The molecule has 1 heterocycles. The molecule has 0 spiro atoms. The highest BCUT2D eigenvalue weighted by Crippen LogP contribution is 2.35. The van der Waals surface area contributed by atoms with Gasteiger partial charge in [-0.15, -0.1) is 0 Å². The number of guanidine groups is 1. The van der Waals surface area contributed by atoms with Crippen molar-refractivity contribution in [3.63, 3.8) is 0 Å². The molecule has 2 aromatic rings. The number of benzene rings is 1. The summed E-state index contributed by atoms with van der Waals surface area (Å²) in [5.74, 6) is 0.132. The lowest BCUT2D eigenvalue weighted by atomic mass is 10.1. The van der Waals surface area contributed by atoms with E-state index in [2.05, 4.69) is 4.99 Å². The van der Waals surface area contributed by atoms with Crippen molar-refractivity contribution in [1.82, 2.24) is 0 Å². The molecule has 1 aromatic heterocycles. The number of nitrogens with two attached hydrogens (primary N) is 2. The lowest BCUT2D eigenvalue weighted by Gasteiger charge is -2.06. The Kier molecular flexibility index (Phi) is 4.18. The number of furan rings is 1. The van der Waals surface area contributed by atoms with Crippen LogP contribution in [0.1, 0.15) is 16.1 Å². The van der Waals surface area contributed by atoms with Gasteiger partial charge >= 0.3 is 5.91 Å². The smallest absolute Gasteiger partial charge is 0.316 e. The summed E-state index contributed by atoms with van der Waals surface area (Å²) in [5.41, 5.74) is 11.6. The quantitative estimate of drug-likeness (QED) is 0.669. The predicted molar refractivity (Wildman–Crippen MR) is 80.6 cm³/mol. The van der Waals surface area contributed by atoms with E-state index in [1.165, 1.54) is 7.11 Å². The lowest BCUT2D eigenvalue weighted by molar-refractivity contribution is 0.0976. The van der Waals surface area contributed by atoms with E-state index in [1.54, 1.807) is 31.2 Å². The van der Waals surface area contributed by atoms with Crippen molar-refractivity contribution in [3.8, 4) is 17.1 Å². The lowest BCUT2D eigenvalue weighted by Crippen LogP contribution is -2.24. The maximum atomic E-state index is 11.8. The first-order valence-corrected chi connectivity index (χ1v) is 6.38. The molecule has 21 heavy (non-hydrogen) atoms. The molecule has 1 amide bonds. The van der Waals surface area contributed by atoms with Gasteiger partial charge in [-0.05, 0) is 31.2 Å². The summed E-state index contributed by atoms with van der Waals surface area (Å²) >= 11 is 5.98. The van der Waals surface area contributed by atoms with Crippen molar-refractivity contribution in [2.45, 2.75) is 6.92 Å². The second-order valence-corrected chi connectivity index (χ2v) is 4.75. The van der Waals surface area contributed by atoms with E-state index in [-0.39, 0.29) is 11.7 Å². The summed E-state index contributed by atoms with van der Waals surface area (Å²) in [7, 11) is 1.54. The molecule has 0 fully saturated rings. The Morgan fingerprint density at radius 1 is 1.33 bits per heavy atom. The van der Waals surface area contributed by atoms with Crippen molar-refractivity contribution < 1.29 is 13.9 Å². The van der Waals surface area contributed by atoms with Crippen LogP contribution in [0.25, 0.3) is 11.3 Å². The first-order chi connectivity index (χ1) is 9.92. The molecule has 6 nitrogen and oxygen atoms in total. The maximum absolute atomic E-state index is 11.8. The van der Waals surface area contributed by atoms with Gasteiger partial charge < -0.3 is 20.6 Å². The highest BCUT2D eigenvalue weighted by atomic mass is 35.5. The summed E-state index contributed by atoms with van der Waals surface area (Å²) in [5, 5.41) is 0.525. The first-order valence-electron chi connectivity index (χ1n) is 6.00. The third-order valence-electron chi connectivity index (χ3n) is 2.77. The molecule has 0 unspecified atom stereocenters. The van der Waals surface area contributed by atoms with Crippen LogP contribution in [0.4, 0.5) is 0 Å². The second-order valence-electron chi connectivity index (χ2n) is 4.31. The van der Waals surface area contributed by atoms with Crippen molar-refractivity contribution in [1.29, 1.82) is 0 Å². The molecule has 0 radical (unpaired) electrons. The Morgan fingerprint density at radius 3 is 2.67 bits per heavy atom. The van der Waals surface area contributed by atoms with Gasteiger partial charge in [0, 0.05) is 10.6 Å². The van der Waals surface area contributed by atoms with Gasteiger partial charge in [0.1, 0.15) is 11.5 Å². The molecule has 2 rings (SSSR count). The SMILES string of the molecule is COc1ccc(Cl)cc1-c1cc(C)c(C(=O)N=C(N)N)o1. The number of hydrogen-bond acceptors (Lipinski definition) is 3. The molecule has 0 saturated heterocycles. The molecule has 1 aromatic carbocycles. The predicted octanol–water partition coefficient (Wildman–Crippen LogP) is 2.33. The minimum Gasteiger partial charge on any atom is -0.496 e. The number of carbonyl (C=O) groups is 1. The van der Waals surface area contributed by atoms with E-state index >= 15 is 0 Å². The van der Waals surface area contributed by atoms with Gasteiger partial charge in [-0.1, -0.05) is 11.6 Å². The van der Waals surface area contributed by atoms with Crippen LogP contribution in [-0.4, -0.2) is 19.0 Å². The Labute approximate surface area is 126 Å². The van der Waals surface area contributed by atoms with Gasteiger partial charge in [-0.3, -0.25) is 4.79 Å². The largest absolute Gasteiger partial charge is 0.496 e. The first kappa shape index (κ1) is 14.9. The summed E-state index contributed by atoms with van der Waals surface area (Å²) in [6, 6.07) is 6.80. The minimum atomic E-state index is -0.639. The summed E-state index contributed by atoms with van der Waals surface area (Å²) in [6.07, 6.45) is 0. The zero-order valence-electron chi connectivity index (χ0n) is 11.5. The molecule has 0 bridgehead atoms. The normalized spacial score (nSPS) is 10.2. The average molecular weight is 308 g/mol. The number of rotatable bonds is 3. The summed E-state index contributed by atoms with van der Waals surface area (Å²) in [6.45, 7) is 1.72. The van der Waals surface area contributed by atoms with E-state index in [1.807, 2.05) is 0 Å². The zero-order valence-corrected chi connectivity index (χ0v) is 12.3. The summed E-state index contributed by atoms with van der Waals surface area (Å²) in [4.78, 5) is 15.3. The Bertz CT molecular complexity index is 718. The van der Waals surface area contributed by atoms with Crippen molar-refractivity contribution in [2.24, 2.45) is 16.5 Å². The standard InChI is InChI=1S/C14H14ClN3O3/c1-7-5-11(21-12(7)13(19)18-14(16)17)9-6-8(15)3-4-10(9)20-2/h3-6H,1-2H3,(H4,16,17,18,19). The molecule has 0 saturated carbocycles. The van der Waals surface area contributed by atoms with Gasteiger partial charge in [0.05, 0.1) is 12.7 Å². The van der Waals surface area contributed by atoms with Crippen molar-refractivity contribution >= 4 is 23.5 Å². The third kappa shape index (κ3) is 3.17. The Balaban J connectivity index is 2.50. The van der Waals surface area contributed by atoms with Gasteiger partial charge in [0.2, 0.25) is 0 Å². The number of carbonyl (C=O) groups excluding carboxylic acids is 1. The molecule has 0 atom stereocenters. The Hall–Kier alpha value is -2.47. The van der Waals surface area contributed by atoms with Crippen LogP contribution in [-0.2, 0) is 0 Å². The average Bonchev–Trinajstić information content (AvgIpc) is 2.80. The number of nitrogens with zero attached hydrogens (tertiary/aromatic N) is 1. The van der Waals surface area contributed by atoms with Crippen LogP contribution in [0, 0.1) is 6.92 Å². The number of aliphatic imine (C=N–C) groups is 1. The van der Waals surface area contributed by atoms with Crippen molar-refractivity contribution in [2.75, 3.05) is 7.11 Å². The van der Waals surface area contributed by atoms with Gasteiger partial charge in [0.25, 0.3) is 0 Å². The zero-order chi connectivity index (χ0) is 15.6. The fourth-order valence-corrected chi connectivity index (χ4v) is 2.04. The van der Waals surface area contributed by atoms with E-state index in [9.17, 15) is 4.79 Å². The number of aryl methyl sites for hydroxylation is 1. The fourth-order valence-electron chi connectivity index (χ4n) is 1.87. The number of ether oxygens (including phenoxy) is 1. The van der Waals surface area contributed by atoms with Crippen LogP contribution in [0.5, 0.6) is 5.75 Å².